The molecular formula is C36H24Cl2F5N3O9. The number of hydrogen-bond acceptors (Lipinski definition) is 9. The Bertz CT molecular complexity index is 2270. The van der Waals surface area contributed by atoms with Crippen molar-refractivity contribution in [3.8, 4) is 17.2 Å². The topological polar surface area (TPSA) is 157 Å². The molecule has 55 heavy (non-hydrogen) atoms. The van der Waals surface area contributed by atoms with Gasteiger partial charge in [0.25, 0.3) is 17.5 Å². The van der Waals surface area contributed by atoms with E-state index in [0.717, 1.165) is 17.0 Å². The van der Waals surface area contributed by atoms with Crippen LogP contribution in [0.2, 0.25) is 0 Å². The number of aromatic hydroxyl groups is 1. The number of ether oxygens (including phenoxy) is 2. The van der Waals surface area contributed by atoms with Gasteiger partial charge in [0.1, 0.15) is 5.69 Å². The number of nitro groups is 1. The predicted octanol–water partition coefficient (Wildman–Crippen LogP) is 6.33. The molecule has 1 saturated carbocycles. The predicted molar refractivity (Wildman–Crippen MR) is 183 cm³/mol. The Morgan fingerprint density at radius 3 is 1.96 bits per heavy atom. The molecule has 2 aliphatic heterocycles. The molecular weight excluding hydrogens is 784 g/mol. The number of carbonyl (C=O) groups is 4. The standard InChI is InChI=1S/C36H24Cl2F5N3O9/c1-54-21-11-14(12-22(55-2)30(21)47)3-10-20-17-8-9-18-23(32(49)44(31(18)48)15-4-6-16(7-5-15)46(52)53)19(17)13-35(37)33(50)45(34(51)36(20,35)38)29-27(42)25(40)24(39)26(41)28(29)43/h3-8,10-12,18-20,23,47H,9,13H2,1-2H3/t18-,19+,20-,23-,35+,36-/m0/s1. The van der Waals surface area contributed by atoms with E-state index in [2.05, 4.69) is 0 Å². The number of phenolic OH excluding ortho intramolecular Hbond substituents is 1. The van der Waals surface area contributed by atoms with Crippen molar-refractivity contribution in [2.75, 3.05) is 24.0 Å². The fraction of sp³-hybridized carbons (Fsp3) is 0.278. The minimum Gasteiger partial charge on any atom is -0.502 e. The normalized spacial score (nSPS) is 27.3. The van der Waals surface area contributed by atoms with E-state index in [0.29, 0.717) is 0 Å². The van der Waals surface area contributed by atoms with Gasteiger partial charge in [-0.25, -0.2) is 26.9 Å². The Hall–Kier alpha value is -5.55. The number of non-ortho nitro benzene ring substituents is 1. The van der Waals surface area contributed by atoms with Crippen LogP contribution in [0.15, 0.2) is 54.1 Å². The summed E-state index contributed by atoms with van der Waals surface area (Å²) in [6.45, 7) is 0. The number of allylic oxidation sites excluding steroid dienone is 3. The van der Waals surface area contributed by atoms with E-state index in [1.54, 1.807) is 0 Å². The maximum absolute atomic E-state index is 15.3. The molecule has 3 aromatic rings. The van der Waals surface area contributed by atoms with Crippen LogP contribution >= 0.6 is 23.2 Å². The van der Waals surface area contributed by atoms with Gasteiger partial charge >= 0.3 is 0 Å². The highest BCUT2D eigenvalue weighted by Gasteiger charge is 2.76. The molecule has 0 radical (unpaired) electrons. The van der Waals surface area contributed by atoms with Gasteiger partial charge in [-0.1, -0.05) is 23.8 Å². The fourth-order valence-corrected chi connectivity index (χ4v) is 8.90. The Balaban J connectivity index is 1.39. The number of hydrogen-bond donors (Lipinski definition) is 1. The number of methoxy groups -OCH3 is 2. The zero-order valence-corrected chi connectivity index (χ0v) is 29.6. The smallest absolute Gasteiger partial charge is 0.269 e. The number of phenols is 1. The first-order chi connectivity index (χ1) is 25.9. The molecule has 7 rings (SSSR count). The molecule has 2 aliphatic carbocycles. The third kappa shape index (κ3) is 5.15. The highest BCUT2D eigenvalue weighted by atomic mass is 35.5. The minimum absolute atomic E-state index is 0.00378. The summed E-state index contributed by atoms with van der Waals surface area (Å²) < 4.78 is 83.9. The number of amides is 4. The number of nitro benzene ring substituents is 1. The molecule has 0 spiro atoms. The first kappa shape index (κ1) is 37.8. The minimum atomic E-state index is -2.74. The summed E-state index contributed by atoms with van der Waals surface area (Å²) >= 11 is 14.2. The van der Waals surface area contributed by atoms with Gasteiger partial charge in [-0.05, 0) is 48.6 Å². The highest BCUT2D eigenvalue weighted by molar-refractivity contribution is 6.58. The molecule has 12 nitrogen and oxygen atoms in total. The first-order valence-electron chi connectivity index (χ1n) is 16.2. The molecule has 2 saturated heterocycles. The van der Waals surface area contributed by atoms with Crippen molar-refractivity contribution in [2.24, 2.45) is 23.7 Å². The van der Waals surface area contributed by atoms with Crippen LogP contribution in [0.25, 0.3) is 6.08 Å². The average Bonchev–Trinajstić information content (AvgIpc) is 3.51. The van der Waals surface area contributed by atoms with Crippen molar-refractivity contribution in [1.29, 1.82) is 0 Å². The molecule has 6 atom stereocenters. The van der Waals surface area contributed by atoms with E-state index >= 15 is 8.78 Å². The van der Waals surface area contributed by atoms with Gasteiger partial charge in [0, 0.05) is 18.1 Å². The Kier molecular flexibility index (Phi) is 8.95. The van der Waals surface area contributed by atoms with Crippen LogP contribution in [0.5, 0.6) is 17.2 Å². The lowest BCUT2D eigenvalue weighted by Crippen LogP contribution is -2.60. The summed E-state index contributed by atoms with van der Waals surface area (Å²) in [6.07, 6.45) is 3.27. The Morgan fingerprint density at radius 1 is 0.855 bits per heavy atom. The second kappa shape index (κ2) is 13.0. The van der Waals surface area contributed by atoms with E-state index in [-0.39, 0.29) is 51.1 Å². The van der Waals surface area contributed by atoms with Crippen LogP contribution in [0.3, 0.4) is 0 Å². The number of fused-ring (bicyclic) bond motifs is 4. The third-order valence-electron chi connectivity index (χ3n) is 10.6. The second-order valence-corrected chi connectivity index (χ2v) is 14.4. The van der Waals surface area contributed by atoms with Gasteiger partial charge in [-0.3, -0.25) is 34.2 Å². The third-order valence-corrected chi connectivity index (χ3v) is 12.0. The van der Waals surface area contributed by atoms with Crippen molar-refractivity contribution >= 4 is 70.0 Å². The van der Waals surface area contributed by atoms with Crippen molar-refractivity contribution in [3.05, 3.63) is 98.9 Å². The molecule has 1 N–H and O–H groups in total. The average molecular weight is 808 g/mol. The van der Waals surface area contributed by atoms with E-state index in [1.807, 2.05) is 0 Å². The fourth-order valence-electron chi connectivity index (χ4n) is 8.01. The van der Waals surface area contributed by atoms with Crippen LogP contribution in [0.1, 0.15) is 18.4 Å². The quantitative estimate of drug-likeness (QED) is 0.0422. The van der Waals surface area contributed by atoms with Gasteiger partial charge in [0.05, 0.1) is 36.7 Å². The van der Waals surface area contributed by atoms with Crippen molar-refractivity contribution < 1.29 is 60.6 Å². The summed E-state index contributed by atoms with van der Waals surface area (Å²) in [7, 11) is 2.51. The number of anilines is 2. The lowest BCUT2D eigenvalue weighted by molar-refractivity contribution is -0.384. The molecule has 286 valence electrons. The van der Waals surface area contributed by atoms with Crippen molar-refractivity contribution in [2.45, 2.75) is 22.6 Å². The summed E-state index contributed by atoms with van der Waals surface area (Å²) in [5.41, 5.74) is -1.80. The molecule has 0 aromatic heterocycles. The number of halogens is 7. The van der Waals surface area contributed by atoms with Gasteiger partial charge in [-0.2, -0.15) is 0 Å². The lowest BCUT2D eigenvalue weighted by Gasteiger charge is -2.49. The summed E-state index contributed by atoms with van der Waals surface area (Å²) in [5, 5.41) is 21.6. The van der Waals surface area contributed by atoms with E-state index in [1.165, 1.54) is 56.7 Å². The van der Waals surface area contributed by atoms with Gasteiger partial charge < -0.3 is 14.6 Å². The van der Waals surface area contributed by atoms with Crippen LogP contribution in [0, 0.1) is 62.9 Å². The highest BCUT2D eigenvalue weighted by Crippen LogP contribution is 2.64. The van der Waals surface area contributed by atoms with E-state index in [9.17, 15) is 47.6 Å². The Labute approximate surface area is 316 Å². The maximum Gasteiger partial charge on any atom is 0.269 e. The monoisotopic (exact) mass is 807 g/mol. The number of rotatable bonds is 7. The van der Waals surface area contributed by atoms with Crippen molar-refractivity contribution in [3.63, 3.8) is 0 Å². The van der Waals surface area contributed by atoms with Crippen LogP contribution < -0.4 is 19.3 Å². The first-order valence-corrected chi connectivity index (χ1v) is 16.9. The SMILES string of the molecule is COc1cc(C=C[C@H]2C3=CC[C@@H]4C(=O)N(c5ccc([N+](=O)[O-])cc5)C(=O)[C@@H]4[C@@H]3C[C@@]3(Cl)C(=O)N(c4c(F)c(F)c(F)c(F)c4F)C(=O)[C@@]23Cl)cc(OC)c1O. The Morgan fingerprint density at radius 2 is 1.42 bits per heavy atom. The van der Waals surface area contributed by atoms with Crippen LogP contribution in [-0.2, 0) is 19.2 Å². The molecule has 2 heterocycles. The summed E-state index contributed by atoms with van der Waals surface area (Å²) in [4.78, 5) is 62.3. The van der Waals surface area contributed by atoms with Crippen molar-refractivity contribution in [1.82, 2.24) is 0 Å². The molecule has 4 amide bonds. The molecule has 3 fully saturated rings. The zero-order chi connectivity index (χ0) is 40.0. The summed E-state index contributed by atoms with van der Waals surface area (Å²) in [6, 6.07) is 7.25. The zero-order valence-electron chi connectivity index (χ0n) is 28.1. The van der Waals surface area contributed by atoms with Gasteiger partial charge in [-0.15, -0.1) is 23.2 Å². The van der Waals surface area contributed by atoms with E-state index < -0.39 is 103 Å². The van der Waals surface area contributed by atoms with Crippen LogP contribution in [0.4, 0.5) is 39.0 Å². The number of alkyl halides is 2. The number of benzene rings is 3. The van der Waals surface area contributed by atoms with Crippen LogP contribution in [-0.4, -0.2) is 57.6 Å². The molecule has 3 aromatic carbocycles. The molecule has 0 bridgehead atoms. The second-order valence-electron chi connectivity index (χ2n) is 13.2. The number of imide groups is 2. The molecule has 19 heteroatoms. The maximum atomic E-state index is 15.3. The lowest BCUT2D eigenvalue weighted by atomic mass is 9.57. The number of carbonyl (C=O) groups excluding carboxylic acids is 4. The number of nitrogens with zero attached hydrogens (tertiary/aromatic N) is 3. The molecule has 4 aliphatic rings. The largest absolute Gasteiger partial charge is 0.502 e. The van der Waals surface area contributed by atoms with E-state index in [4.69, 9.17) is 32.7 Å². The molecule has 0 unspecified atom stereocenters. The van der Waals surface area contributed by atoms with Gasteiger partial charge in [0.15, 0.2) is 44.5 Å². The van der Waals surface area contributed by atoms with Gasteiger partial charge in [0.2, 0.25) is 23.4 Å². The summed E-state index contributed by atoms with van der Waals surface area (Å²) in [5.74, 6) is -22.9.